The highest BCUT2D eigenvalue weighted by molar-refractivity contribution is 7.98. The molecule has 0 unspecified atom stereocenters. The number of aromatic amines is 1. The number of aromatic nitrogens is 1. The smallest absolute Gasteiger partial charge is 0.323 e. The third kappa shape index (κ3) is 3.03. The fourth-order valence-electron chi connectivity index (χ4n) is 2.18. The van der Waals surface area contributed by atoms with Gasteiger partial charge in [-0.1, -0.05) is 12.1 Å². The molecule has 3 aromatic rings. The van der Waals surface area contributed by atoms with E-state index in [2.05, 4.69) is 15.6 Å². The first-order valence-corrected chi connectivity index (χ1v) is 7.77. The summed E-state index contributed by atoms with van der Waals surface area (Å²) in [4.78, 5) is 16.3. The molecule has 0 radical (unpaired) electrons. The zero-order valence-electron chi connectivity index (χ0n) is 11.5. The Bertz CT molecular complexity index is 782. The maximum Gasteiger partial charge on any atom is 0.323 e. The molecule has 5 heteroatoms. The molecular weight excluding hydrogens is 282 g/mol. The molecule has 3 rings (SSSR count). The topological polar surface area (TPSA) is 56.9 Å². The first-order chi connectivity index (χ1) is 10.3. The molecule has 0 spiro atoms. The van der Waals surface area contributed by atoms with Crippen LogP contribution < -0.4 is 10.6 Å². The van der Waals surface area contributed by atoms with Crippen LogP contribution in [0.1, 0.15) is 0 Å². The van der Waals surface area contributed by atoms with Crippen molar-refractivity contribution in [3.05, 3.63) is 54.7 Å². The second-order valence-corrected chi connectivity index (χ2v) is 5.44. The van der Waals surface area contributed by atoms with Crippen LogP contribution in [-0.2, 0) is 0 Å². The second-order valence-electron chi connectivity index (χ2n) is 4.56. The van der Waals surface area contributed by atoms with Crippen LogP contribution in [0.3, 0.4) is 0 Å². The van der Waals surface area contributed by atoms with Gasteiger partial charge in [-0.05, 0) is 42.7 Å². The van der Waals surface area contributed by atoms with Gasteiger partial charge in [-0.2, -0.15) is 0 Å². The predicted molar refractivity (Wildman–Crippen MR) is 89.2 cm³/mol. The Labute approximate surface area is 126 Å². The van der Waals surface area contributed by atoms with Gasteiger partial charge in [0.2, 0.25) is 0 Å². The normalized spacial score (nSPS) is 10.5. The molecule has 21 heavy (non-hydrogen) atoms. The summed E-state index contributed by atoms with van der Waals surface area (Å²) in [5, 5.41) is 6.72. The van der Waals surface area contributed by atoms with E-state index in [9.17, 15) is 4.79 Å². The van der Waals surface area contributed by atoms with Crippen molar-refractivity contribution in [3.8, 4) is 0 Å². The van der Waals surface area contributed by atoms with Gasteiger partial charge in [-0.3, -0.25) is 0 Å². The van der Waals surface area contributed by atoms with Crippen LogP contribution in [0.25, 0.3) is 10.9 Å². The number of hydrogen-bond donors (Lipinski definition) is 3. The molecule has 1 aromatic heterocycles. The van der Waals surface area contributed by atoms with Gasteiger partial charge in [0.15, 0.2) is 0 Å². The van der Waals surface area contributed by atoms with Crippen LogP contribution in [0.5, 0.6) is 0 Å². The molecule has 0 fully saturated rings. The average molecular weight is 297 g/mol. The molecule has 106 valence electrons. The summed E-state index contributed by atoms with van der Waals surface area (Å²) in [7, 11) is 0. The molecule has 0 aliphatic heterocycles. The lowest BCUT2D eigenvalue weighted by atomic mass is 10.2. The number of urea groups is 1. The van der Waals surface area contributed by atoms with Crippen molar-refractivity contribution >= 4 is 40.1 Å². The minimum absolute atomic E-state index is 0.248. The molecule has 3 N–H and O–H groups in total. The summed E-state index contributed by atoms with van der Waals surface area (Å²) in [6, 6.07) is 15.2. The number of carbonyl (C=O) groups is 1. The monoisotopic (exact) mass is 297 g/mol. The molecular formula is C16H15N3OS. The van der Waals surface area contributed by atoms with Crippen molar-refractivity contribution < 1.29 is 4.79 Å². The highest BCUT2D eigenvalue weighted by atomic mass is 32.2. The van der Waals surface area contributed by atoms with E-state index in [1.165, 1.54) is 0 Å². The van der Waals surface area contributed by atoms with Crippen molar-refractivity contribution in [2.45, 2.75) is 4.90 Å². The number of H-pyrrole nitrogens is 1. The van der Waals surface area contributed by atoms with Gasteiger partial charge < -0.3 is 15.6 Å². The lowest BCUT2D eigenvalue weighted by Gasteiger charge is -2.09. The van der Waals surface area contributed by atoms with E-state index in [0.29, 0.717) is 0 Å². The van der Waals surface area contributed by atoms with Crippen LogP contribution in [0.15, 0.2) is 59.6 Å². The van der Waals surface area contributed by atoms with Crippen LogP contribution in [0, 0.1) is 0 Å². The maximum atomic E-state index is 12.1. The molecule has 0 aliphatic rings. The molecule has 0 bridgehead atoms. The largest absolute Gasteiger partial charge is 0.361 e. The number of rotatable bonds is 3. The quantitative estimate of drug-likeness (QED) is 0.622. The van der Waals surface area contributed by atoms with E-state index in [0.717, 1.165) is 27.2 Å². The summed E-state index contributed by atoms with van der Waals surface area (Å²) in [6.45, 7) is 0. The van der Waals surface area contributed by atoms with Crippen molar-refractivity contribution in [1.82, 2.24) is 4.98 Å². The van der Waals surface area contributed by atoms with Gasteiger partial charge in [0.05, 0.1) is 5.69 Å². The first kappa shape index (κ1) is 13.6. The summed E-state index contributed by atoms with van der Waals surface area (Å²) in [5.74, 6) is 0. The fraction of sp³-hybridized carbons (Fsp3) is 0.0625. The molecule has 0 saturated carbocycles. The van der Waals surface area contributed by atoms with Crippen molar-refractivity contribution in [2.24, 2.45) is 0 Å². The second kappa shape index (κ2) is 5.93. The molecule has 0 atom stereocenters. The summed E-state index contributed by atoms with van der Waals surface area (Å²) < 4.78 is 0. The molecule has 4 nitrogen and oxygen atoms in total. The molecule has 0 saturated heterocycles. The zero-order chi connectivity index (χ0) is 14.7. The van der Waals surface area contributed by atoms with Crippen molar-refractivity contribution in [2.75, 3.05) is 16.9 Å². The average Bonchev–Trinajstić information content (AvgIpc) is 2.97. The van der Waals surface area contributed by atoms with E-state index < -0.39 is 0 Å². The Hall–Kier alpha value is -2.40. The van der Waals surface area contributed by atoms with Gasteiger partial charge in [0.25, 0.3) is 0 Å². The Kier molecular flexibility index (Phi) is 3.83. The van der Waals surface area contributed by atoms with Gasteiger partial charge in [0, 0.05) is 27.7 Å². The van der Waals surface area contributed by atoms with Gasteiger partial charge in [0.1, 0.15) is 0 Å². The van der Waals surface area contributed by atoms with E-state index in [4.69, 9.17) is 0 Å². The Morgan fingerprint density at radius 3 is 2.81 bits per heavy atom. The third-order valence-electron chi connectivity index (χ3n) is 3.17. The van der Waals surface area contributed by atoms with E-state index in [1.807, 2.05) is 61.0 Å². The number of anilines is 2. The van der Waals surface area contributed by atoms with Crippen LogP contribution in [-0.4, -0.2) is 17.3 Å². The number of benzene rings is 2. The summed E-state index contributed by atoms with van der Waals surface area (Å²) in [5.41, 5.74) is 2.56. The maximum absolute atomic E-state index is 12.1. The Balaban J connectivity index is 1.75. The molecule has 2 amide bonds. The number of carbonyl (C=O) groups excluding carboxylic acids is 1. The minimum Gasteiger partial charge on any atom is -0.361 e. The van der Waals surface area contributed by atoms with Gasteiger partial charge >= 0.3 is 6.03 Å². The Morgan fingerprint density at radius 1 is 1.10 bits per heavy atom. The summed E-state index contributed by atoms with van der Waals surface area (Å²) in [6.07, 6.45) is 3.86. The SMILES string of the molecule is CSc1cccc(NC(=O)Nc2cccc3[nH]ccc23)c1. The van der Waals surface area contributed by atoms with Crippen LogP contribution in [0.2, 0.25) is 0 Å². The fourth-order valence-corrected chi connectivity index (χ4v) is 2.64. The predicted octanol–water partition coefficient (Wildman–Crippen LogP) is 4.53. The van der Waals surface area contributed by atoms with E-state index in [1.54, 1.807) is 11.8 Å². The van der Waals surface area contributed by atoms with Crippen molar-refractivity contribution in [3.63, 3.8) is 0 Å². The molecule has 0 aliphatic carbocycles. The number of nitrogens with one attached hydrogen (secondary N) is 3. The van der Waals surface area contributed by atoms with Crippen LogP contribution >= 0.6 is 11.8 Å². The lowest BCUT2D eigenvalue weighted by Crippen LogP contribution is -2.19. The third-order valence-corrected chi connectivity index (χ3v) is 3.90. The van der Waals surface area contributed by atoms with Gasteiger partial charge in [-0.25, -0.2) is 4.79 Å². The van der Waals surface area contributed by atoms with E-state index in [-0.39, 0.29) is 6.03 Å². The number of thioether (sulfide) groups is 1. The zero-order valence-corrected chi connectivity index (χ0v) is 12.3. The molecule has 1 heterocycles. The number of fused-ring (bicyclic) bond motifs is 1. The highest BCUT2D eigenvalue weighted by Gasteiger charge is 2.06. The van der Waals surface area contributed by atoms with Crippen LogP contribution in [0.4, 0.5) is 16.2 Å². The number of amides is 2. The standard InChI is InChI=1S/C16H15N3OS/c1-21-12-5-2-4-11(10-12)18-16(20)19-15-7-3-6-14-13(15)8-9-17-14/h2-10,17H,1H3,(H2,18,19,20). The lowest BCUT2D eigenvalue weighted by molar-refractivity contribution is 0.262. The molecule has 2 aromatic carbocycles. The van der Waals surface area contributed by atoms with E-state index >= 15 is 0 Å². The van der Waals surface area contributed by atoms with Gasteiger partial charge in [-0.15, -0.1) is 11.8 Å². The Morgan fingerprint density at radius 2 is 1.95 bits per heavy atom. The first-order valence-electron chi connectivity index (χ1n) is 6.54. The van der Waals surface area contributed by atoms with Crippen molar-refractivity contribution in [1.29, 1.82) is 0 Å². The number of hydrogen-bond acceptors (Lipinski definition) is 2. The summed E-state index contributed by atoms with van der Waals surface area (Å²) >= 11 is 1.64. The minimum atomic E-state index is -0.248. The highest BCUT2D eigenvalue weighted by Crippen LogP contribution is 2.23.